The molecule has 0 spiro atoms. The smallest absolute Gasteiger partial charge is 0.254 e. The Kier molecular flexibility index (Phi) is 3.24. The number of amides is 2. The SMILES string of the molecule is CCC(C)(CC(C)(C)O)N1C(=O)C=CC1=O. The second-order valence-corrected chi connectivity index (χ2v) is 5.18. The second kappa shape index (κ2) is 4.01. The highest BCUT2D eigenvalue weighted by Gasteiger charge is 2.42. The van der Waals surface area contributed by atoms with E-state index in [2.05, 4.69) is 0 Å². The normalized spacial score (nSPS) is 20.4. The summed E-state index contributed by atoms with van der Waals surface area (Å²) in [6, 6.07) is 0. The maximum absolute atomic E-state index is 11.6. The van der Waals surface area contributed by atoms with Gasteiger partial charge in [-0.15, -0.1) is 0 Å². The van der Waals surface area contributed by atoms with E-state index in [9.17, 15) is 14.7 Å². The molecule has 0 aromatic carbocycles. The van der Waals surface area contributed by atoms with Crippen LogP contribution in [0.4, 0.5) is 0 Å². The van der Waals surface area contributed by atoms with Gasteiger partial charge in [0.2, 0.25) is 0 Å². The Hall–Kier alpha value is -1.16. The Morgan fingerprint density at radius 1 is 1.19 bits per heavy atom. The highest BCUT2D eigenvalue weighted by atomic mass is 16.3. The largest absolute Gasteiger partial charge is 0.390 e. The fourth-order valence-electron chi connectivity index (χ4n) is 2.23. The van der Waals surface area contributed by atoms with Gasteiger partial charge in [-0.3, -0.25) is 14.5 Å². The first-order valence-corrected chi connectivity index (χ1v) is 5.48. The molecule has 0 aromatic rings. The lowest BCUT2D eigenvalue weighted by Gasteiger charge is -2.40. The van der Waals surface area contributed by atoms with Gasteiger partial charge in [0.25, 0.3) is 11.8 Å². The molecule has 4 heteroatoms. The molecule has 1 atom stereocenters. The highest BCUT2D eigenvalue weighted by Crippen LogP contribution is 2.31. The molecular formula is C12H19NO3. The number of nitrogens with zero attached hydrogens (tertiary/aromatic N) is 1. The molecule has 0 bridgehead atoms. The van der Waals surface area contributed by atoms with Crippen molar-refractivity contribution < 1.29 is 14.7 Å². The highest BCUT2D eigenvalue weighted by molar-refractivity contribution is 6.13. The molecule has 4 nitrogen and oxygen atoms in total. The van der Waals surface area contributed by atoms with Crippen molar-refractivity contribution in [3.63, 3.8) is 0 Å². The van der Waals surface area contributed by atoms with Crippen molar-refractivity contribution in [2.45, 2.75) is 51.7 Å². The molecular weight excluding hydrogens is 206 g/mol. The predicted octanol–water partition coefficient (Wildman–Crippen LogP) is 1.24. The summed E-state index contributed by atoms with van der Waals surface area (Å²) in [6.07, 6.45) is 3.55. The molecule has 0 radical (unpaired) electrons. The Balaban J connectivity index is 2.97. The number of carbonyl (C=O) groups excluding carboxylic acids is 2. The first-order valence-electron chi connectivity index (χ1n) is 5.48. The van der Waals surface area contributed by atoms with E-state index in [1.807, 2.05) is 13.8 Å². The number of carbonyl (C=O) groups is 2. The van der Waals surface area contributed by atoms with Crippen LogP contribution in [0.1, 0.15) is 40.5 Å². The van der Waals surface area contributed by atoms with Gasteiger partial charge < -0.3 is 5.11 Å². The summed E-state index contributed by atoms with van der Waals surface area (Å²) < 4.78 is 0. The summed E-state index contributed by atoms with van der Waals surface area (Å²) in [6.45, 7) is 7.09. The second-order valence-electron chi connectivity index (χ2n) is 5.18. The van der Waals surface area contributed by atoms with E-state index in [-0.39, 0.29) is 11.8 Å². The Labute approximate surface area is 95.9 Å². The van der Waals surface area contributed by atoms with Crippen LogP contribution in [-0.4, -0.2) is 33.0 Å². The third-order valence-electron chi connectivity index (χ3n) is 2.92. The lowest BCUT2D eigenvalue weighted by atomic mass is 9.84. The van der Waals surface area contributed by atoms with E-state index in [1.54, 1.807) is 13.8 Å². The minimum Gasteiger partial charge on any atom is -0.390 e. The van der Waals surface area contributed by atoms with Gasteiger partial charge in [-0.05, 0) is 33.6 Å². The van der Waals surface area contributed by atoms with Gasteiger partial charge in [-0.1, -0.05) is 6.92 Å². The summed E-state index contributed by atoms with van der Waals surface area (Å²) in [5.74, 6) is -0.586. The molecule has 1 aliphatic heterocycles. The van der Waals surface area contributed by atoms with Gasteiger partial charge >= 0.3 is 0 Å². The van der Waals surface area contributed by atoms with Crippen LogP contribution in [0.3, 0.4) is 0 Å². The Bertz CT molecular complexity index is 323. The fraction of sp³-hybridized carbons (Fsp3) is 0.667. The summed E-state index contributed by atoms with van der Waals surface area (Å²) in [5.41, 5.74) is -1.54. The number of aliphatic hydroxyl groups is 1. The molecule has 0 aromatic heterocycles. The Morgan fingerprint density at radius 3 is 1.94 bits per heavy atom. The van der Waals surface area contributed by atoms with Crippen LogP contribution in [0.5, 0.6) is 0 Å². The minimum atomic E-state index is -0.909. The molecule has 1 rings (SSSR count). The first-order chi connectivity index (χ1) is 7.19. The van der Waals surface area contributed by atoms with E-state index in [0.29, 0.717) is 12.8 Å². The molecule has 0 saturated carbocycles. The summed E-state index contributed by atoms with van der Waals surface area (Å²) in [7, 11) is 0. The van der Waals surface area contributed by atoms with Gasteiger partial charge in [0, 0.05) is 12.2 Å². The lowest BCUT2D eigenvalue weighted by Crippen LogP contribution is -2.52. The number of rotatable bonds is 4. The molecule has 16 heavy (non-hydrogen) atoms. The Morgan fingerprint density at radius 2 is 1.62 bits per heavy atom. The van der Waals surface area contributed by atoms with E-state index >= 15 is 0 Å². The van der Waals surface area contributed by atoms with Crippen molar-refractivity contribution in [3.05, 3.63) is 12.2 Å². The number of hydrogen-bond acceptors (Lipinski definition) is 3. The summed E-state index contributed by atoms with van der Waals surface area (Å²) >= 11 is 0. The maximum atomic E-state index is 11.6. The van der Waals surface area contributed by atoms with Gasteiger partial charge in [0.05, 0.1) is 11.1 Å². The van der Waals surface area contributed by atoms with Gasteiger partial charge in [-0.2, -0.15) is 0 Å². The zero-order chi connectivity index (χ0) is 12.6. The zero-order valence-corrected chi connectivity index (χ0v) is 10.3. The molecule has 0 saturated heterocycles. The van der Waals surface area contributed by atoms with Crippen LogP contribution in [0.2, 0.25) is 0 Å². The molecule has 1 aliphatic rings. The number of imide groups is 1. The monoisotopic (exact) mass is 225 g/mol. The molecule has 0 fully saturated rings. The van der Waals surface area contributed by atoms with Crippen LogP contribution >= 0.6 is 0 Å². The molecule has 90 valence electrons. The van der Waals surface area contributed by atoms with Crippen molar-refractivity contribution in [2.24, 2.45) is 0 Å². The predicted molar refractivity (Wildman–Crippen MR) is 60.6 cm³/mol. The van der Waals surface area contributed by atoms with Crippen LogP contribution in [0.15, 0.2) is 12.2 Å². The van der Waals surface area contributed by atoms with E-state index < -0.39 is 11.1 Å². The van der Waals surface area contributed by atoms with Crippen molar-refractivity contribution in [1.29, 1.82) is 0 Å². The van der Waals surface area contributed by atoms with Crippen molar-refractivity contribution in [2.75, 3.05) is 0 Å². The van der Waals surface area contributed by atoms with Crippen LogP contribution in [-0.2, 0) is 9.59 Å². The van der Waals surface area contributed by atoms with Crippen LogP contribution in [0.25, 0.3) is 0 Å². The fourth-order valence-corrected chi connectivity index (χ4v) is 2.23. The van der Waals surface area contributed by atoms with Gasteiger partial charge in [0.1, 0.15) is 0 Å². The average molecular weight is 225 g/mol. The van der Waals surface area contributed by atoms with E-state index in [0.717, 1.165) is 0 Å². The molecule has 2 amide bonds. The summed E-state index contributed by atoms with van der Waals surface area (Å²) in [5, 5.41) is 9.85. The van der Waals surface area contributed by atoms with E-state index in [1.165, 1.54) is 17.1 Å². The van der Waals surface area contributed by atoms with Crippen molar-refractivity contribution >= 4 is 11.8 Å². The van der Waals surface area contributed by atoms with Crippen molar-refractivity contribution in [3.8, 4) is 0 Å². The van der Waals surface area contributed by atoms with E-state index in [4.69, 9.17) is 0 Å². The quantitative estimate of drug-likeness (QED) is 0.732. The average Bonchev–Trinajstić information content (AvgIpc) is 2.43. The molecule has 1 unspecified atom stereocenters. The standard InChI is InChI=1S/C12H19NO3/c1-5-12(4,8-11(2,3)16)13-9(14)6-7-10(13)15/h6-7,16H,5,8H2,1-4H3. The maximum Gasteiger partial charge on any atom is 0.254 e. The van der Waals surface area contributed by atoms with Crippen molar-refractivity contribution in [1.82, 2.24) is 4.90 Å². The third kappa shape index (κ3) is 2.50. The van der Waals surface area contributed by atoms with Gasteiger partial charge in [0.15, 0.2) is 0 Å². The number of hydrogen-bond donors (Lipinski definition) is 1. The van der Waals surface area contributed by atoms with Crippen LogP contribution < -0.4 is 0 Å². The topological polar surface area (TPSA) is 57.6 Å². The van der Waals surface area contributed by atoms with Crippen LogP contribution in [0, 0.1) is 0 Å². The minimum absolute atomic E-state index is 0.293. The lowest BCUT2D eigenvalue weighted by molar-refractivity contribution is -0.145. The summed E-state index contributed by atoms with van der Waals surface area (Å²) in [4.78, 5) is 24.5. The third-order valence-corrected chi connectivity index (χ3v) is 2.92. The zero-order valence-electron chi connectivity index (χ0n) is 10.3. The first kappa shape index (κ1) is 12.9. The van der Waals surface area contributed by atoms with Gasteiger partial charge in [-0.25, -0.2) is 0 Å². The molecule has 1 heterocycles. The molecule has 0 aliphatic carbocycles. The molecule has 1 N–H and O–H groups in total.